The van der Waals surface area contributed by atoms with Gasteiger partial charge in [0.1, 0.15) is 0 Å². The number of nitrogens with one attached hydrogen (secondary N) is 1. The van der Waals surface area contributed by atoms with Crippen LogP contribution in [0, 0.1) is 0 Å². The van der Waals surface area contributed by atoms with Gasteiger partial charge in [-0.2, -0.15) is 0 Å². The first-order valence-electron chi connectivity index (χ1n) is 8.89. The predicted molar refractivity (Wildman–Crippen MR) is 107 cm³/mol. The summed E-state index contributed by atoms with van der Waals surface area (Å²) in [6.45, 7) is 2.09. The molecule has 1 amide bonds. The van der Waals surface area contributed by atoms with Crippen LogP contribution in [0.2, 0.25) is 0 Å². The van der Waals surface area contributed by atoms with Crippen molar-refractivity contribution >= 4 is 23.2 Å². The van der Waals surface area contributed by atoms with Crippen LogP contribution in [-0.4, -0.2) is 45.4 Å². The number of ketones is 1. The number of amides is 1. The molecule has 142 valence electrons. The van der Waals surface area contributed by atoms with Crippen molar-refractivity contribution in [1.29, 1.82) is 0 Å². The number of carbonyl (C=O) groups is 2. The number of hydrogen-bond acceptors (Lipinski definition) is 6. The zero-order valence-electron chi connectivity index (χ0n) is 15.8. The number of anilines is 2. The van der Waals surface area contributed by atoms with Gasteiger partial charge >= 0.3 is 0 Å². The summed E-state index contributed by atoms with van der Waals surface area (Å²) in [6.07, 6.45) is 4.21. The molecule has 0 aliphatic heterocycles. The van der Waals surface area contributed by atoms with E-state index in [4.69, 9.17) is 0 Å². The Bertz CT molecular complexity index is 958. The van der Waals surface area contributed by atoms with Gasteiger partial charge in [-0.05, 0) is 55.3 Å². The number of nitrogens with zero attached hydrogens (tertiary/aromatic N) is 4. The van der Waals surface area contributed by atoms with Crippen molar-refractivity contribution in [3.8, 4) is 0 Å². The Morgan fingerprint density at radius 1 is 1.04 bits per heavy atom. The van der Waals surface area contributed by atoms with Crippen molar-refractivity contribution in [3.05, 3.63) is 77.7 Å². The van der Waals surface area contributed by atoms with E-state index in [0.717, 1.165) is 17.7 Å². The van der Waals surface area contributed by atoms with Crippen molar-refractivity contribution < 1.29 is 9.59 Å². The summed E-state index contributed by atoms with van der Waals surface area (Å²) in [5.41, 5.74) is 2.74. The average Bonchev–Trinajstić information content (AvgIpc) is 2.73. The molecule has 0 saturated heterocycles. The topological polar surface area (TPSA) is 88.1 Å². The average molecular weight is 375 g/mol. The van der Waals surface area contributed by atoms with Gasteiger partial charge < -0.3 is 10.2 Å². The van der Waals surface area contributed by atoms with Crippen LogP contribution in [0.5, 0.6) is 0 Å². The van der Waals surface area contributed by atoms with Gasteiger partial charge in [0.2, 0.25) is 0 Å². The quantitative estimate of drug-likeness (QED) is 0.638. The molecule has 3 rings (SSSR count). The normalized spacial score (nSPS) is 10.4. The molecule has 0 saturated carbocycles. The van der Waals surface area contributed by atoms with Crippen molar-refractivity contribution in [2.75, 3.05) is 18.9 Å². The molecule has 28 heavy (non-hydrogen) atoms. The first-order valence-corrected chi connectivity index (χ1v) is 8.89. The SMILES string of the molecule is CC(=O)c1cccc(Nc2ccc(C(=O)N(C)CCc3ccncc3)nn2)c1. The third-order valence-electron chi connectivity index (χ3n) is 4.26. The minimum absolute atomic E-state index is 0.00881. The summed E-state index contributed by atoms with van der Waals surface area (Å²) in [5, 5.41) is 11.2. The molecule has 0 spiro atoms. The third-order valence-corrected chi connectivity index (χ3v) is 4.26. The van der Waals surface area contributed by atoms with Crippen LogP contribution in [-0.2, 0) is 6.42 Å². The fraction of sp³-hybridized carbons (Fsp3) is 0.190. The highest BCUT2D eigenvalue weighted by Crippen LogP contribution is 2.16. The minimum Gasteiger partial charge on any atom is -0.340 e. The molecule has 0 atom stereocenters. The fourth-order valence-electron chi connectivity index (χ4n) is 2.62. The van der Waals surface area contributed by atoms with Crippen LogP contribution < -0.4 is 5.32 Å². The van der Waals surface area contributed by atoms with E-state index in [9.17, 15) is 9.59 Å². The number of hydrogen-bond donors (Lipinski definition) is 1. The van der Waals surface area contributed by atoms with E-state index in [0.29, 0.717) is 17.9 Å². The minimum atomic E-state index is -0.188. The summed E-state index contributed by atoms with van der Waals surface area (Å²) < 4.78 is 0. The Kier molecular flexibility index (Phi) is 6.06. The Hall–Kier alpha value is -3.61. The highest BCUT2D eigenvalue weighted by atomic mass is 16.2. The summed E-state index contributed by atoms with van der Waals surface area (Å²) in [6, 6.07) is 14.3. The summed E-state index contributed by atoms with van der Waals surface area (Å²) in [7, 11) is 1.74. The first kappa shape index (κ1) is 19.2. The van der Waals surface area contributed by atoms with Crippen LogP contribution >= 0.6 is 0 Å². The number of aromatic nitrogens is 3. The predicted octanol–water partition coefficient (Wildman–Crippen LogP) is 3.13. The zero-order valence-corrected chi connectivity index (χ0v) is 15.8. The molecule has 1 aromatic carbocycles. The lowest BCUT2D eigenvalue weighted by Gasteiger charge is -2.16. The molecule has 7 nitrogen and oxygen atoms in total. The van der Waals surface area contributed by atoms with E-state index in [1.54, 1.807) is 54.7 Å². The molecular weight excluding hydrogens is 354 g/mol. The smallest absolute Gasteiger partial charge is 0.274 e. The lowest BCUT2D eigenvalue weighted by atomic mass is 10.1. The second-order valence-electron chi connectivity index (χ2n) is 6.40. The zero-order chi connectivity index (χ0) is 19.9. The fourth-order valence-corrected chi connectivity index (χ4v) is 2.62. The van der Waals surface area contributed by atoms with E-state index in [1.807, 2.05) is 18.2 Å². The van der Waals surface area contributed by atoms with Crippen LogP contribution in [0.4, 0.5) is 11.5 Å². The summed E-state index contributed by atoms with van der Waals surface area (Å²) in [4.78, 5) is 29.6. The molecule has 0 aliphatic carbocycles. The molecule has 0 aliphatic rings. The van der Waals surface area contributed by atoms with Gasteiger partial charge in [-0.15, -0.1) is 10.2 Å². The van der Waals surface area contributed by atoms with Gasteiger partial charge in [-0.1, -0.05) is 12.1 Å². The Balaban J connectivity index is 1.60. The summed E-state index contributed by atoms with van der Waals surface area (Å²) >= 11 is 0. The van der Waals surface area contributed by atoms with Gasteiger partial charge in [-0.25, -0.2) is 0 Å². The lowest BCUT2D eigenvalue weighted by Crippen LogP contribution is -2.29. The van der Waals surface area contributed by atoms with Crippen LogP contribution in [0.15, 0.2) is 60.9 Å². The van der Waals surface area contributed by atoms with Crippen molar-refractivity contribution in [1.82, 2.24) is 20.1 Å². The molecule has 2 heterocycles. The maximum Gasteiger partial charge on any atom is 0.274 e. The van der Waals surface area contributed by atoms with E-state index >= 15 is 0 Å². The number of carbonyl (C=O) groups excluding carboxylic acids is 2. The monoisotopic (exact) mass is 375 g/mol. The van der Waals surface area contributed by atoms with E-state index in [1.165, 1.54) is 6.92 Å². The maximum atomic E-state index is 12.5. The molecule has 2 aromatic heterocycles. The highest BCUT2D eigenvalue weighted by molar-refractivity contribution is 5.95. The summed E-state index contributed by atoms with van der Waals surface area (Å²) in [5.74, 6) is 0.300. The van der Waals surface area contributed by atoms with Crippen molar-refractivity contribution in [3.63, 3.8) is 0 Å². The molecular formula is C21H21N5O2. The number of Topliss-reactive ketones (excluding diaryl/α,β-unsaturated/α-hetero) is 1. The van der Waals surface area contributed by atoms with Gasteiger partial charge in [-0.3, -0.25) is 14.6 Å². The number of likely N-dealkylation sites (N-methyl/N-ethyl adjacent to an activating group) is 1. The first-order chi connectivity index (χ1) is 13.5. The molecule has 3 aromatic rings. The number of benzene rings is 1. The van der Waals surface area contributed by atoms with E-state index < -0.39 is 0 Å². The van der Waals surface area contributed by atoms with Crippen molar-refractivity contribution in [2.45, 2.75) is 13.3 Å². The van der Waals surface area contributed by atoms with Crippen LogP contribution in [0.1, 0.15) is 33.3 Å². The largest absolute Gasteiger partial charge is 0.340 e. The van der Waals surface area contributed by atoms with E-state index in [2.05, 4.69) is 20.5 Å². The second-order valence-corrected chi connectivity index (χ2v) is 6.40. The highest BCUT2D eigenvalue weighted by Gasteiger charge is 2.14. The van der Waals surface area contributed by atoms with Crippen LogP contribution in [0.3, 0.4) is 0 Å². The lowest BCUT2D eigenvalue weighted by molar-refractivity contribution is 0.0789. The third kappa shape index (κ3) is 4.97. The van der Waals surface area contributed by atoms with Gasteiger partial charge in [0, 0.05) is 37.2 Å². The Morgan fingerprint density at radius 3 is 2.50 bits per heavy atom. The number of rotatable bonds is 7. The standard InChI is InChI=1S/C21H21N5O2/c1-15(27)17-4-3-5-18(14-17)23-20-7-6-19(24-25-20)21(28)26(2)13-10-16-8-11-22-12-9-16/h3-9,11-12,14H,10,13H2,1-2H3,(H,23,25). The maximum absolute atomic E-state index is 12.5. The van der Waals surface area contributed by atoms with Crippen LogP contribution in [0.25, 0.3) is 0 Å². The Labute approximate surface area is 163 Å². The Morgan fingerprint density at radius 2 is 1.82 bits per heavy atom. The molecule has 0 unspecified atom stereocenters. The molecule has 0 fully saturated rings. The van der Waals surface area contributed by atoms with Gasteiger partial charge in [0.15, 0.2) is 17.3 Å². The van der Waals surface area contributed by atoms with E-state index in [-0.39, 0.29) is 17.4 Å². The van der Waals surface area contributed by atoms with Gasteiger partial charge in [0.05, 0.1) is 0 Å². The second kappa shape index (κ2) is 8.85. The van der Waals surface area contributed by atoms with Gasteiger partial charge in [0.25, 0.3) is 5.91 Å². The molecule has 1 N–H and O–H groups in total. The molecule has 0 bridgehead atoms. The molecule has 7 heteroatoms. The molecule has 0 radical (unpaired) electrons. The number of pyridine rings is 1. The van der Waals surface area contributed by atoms with Crippen molar-refractivity contribution in [2.24, 2.45) is 0 Å².